The molecule has 1 aliphatic rings. The third kappa shape index (κ3) is 5.59. The minimum atomic E-state index is -0.0178. The molecule has 1 saturated heterocycles. The number of likely N-dealkylation sites (tertiary alicyclic amines) is 1. The lowest BCUT2D eigenvalue weighted by atomic mass is 9.99. The molecule has 1 fully saturated rings. The van der Waals surface area contributed by atoms with Crippen molar-refractivity contribution in [1.82, 2.24) is 15.5 Å². The molecular weight excluding hydrogens is 360 g/mol. The van der Waals surface area contributed by atoms with E-state index < -0.39 is 0 Å². The summed E-state index contributed by atoms with van der Waals surface area (Å²) in [4.78, 5) is 19.2. The largest absolute Gasteiger partial charge is 0.352 e. The quantitative estimate of drug-likeness (QED) is 0.581. The minimum Gasteiger partial charge on any atom is -0.352 e. The Kier molecular flexibility index (Phi) is 7.28. The number of carbonyl (C=O) groups excluding carboxylic acids is 1. The summed E-state index contributed by atoms with van der Waals surface area (Å²) in [6.45, 7) is 6.70. The normalized spacial score (nSPS) is 17.8. The Morgan fingerprint density at radius 3 is 2.72 bits per heavy atom. The summed E-state index contributed by atoms with van der Waals surface area (Å²) in [7, 11) is 1.83. The van der Waals surface area contributed by atoms with Crippen molar-refractivity contribution < 1.29 is 4.79 Å². The molecule has 0 saturated carbocycles. The SMILES string of the molecule is CCC(C)NC(=O)c1cccc(CNC(=NC)N2CCC(c3ccccc3)C2)c1. The molecule has 3 rings (SSSR count). The predicted molar refractivity (Wildman–Crippen MR) is 119 cm³/mol. The van der Waals surface area contributed by atoms with Crippen LogP contribution in [0.25, 0.3) is 0 Å². The Bertz CT molecular complexity index is 834. The molecule has 5 nitrogen and oxygen atoms in total. The van der Waals surface area contributed by atoms with Gasteiger partial charge in [-0.1, -0.05) is 49.4 Å². The second-order valence-electron chi connectivity index (χ2n) is 7.73. The van der Waals surface area contributed by atoms with Gasteiger partial charge in [0, 0.05) is 44.2 Å². The molecule has 2 aromatic carbocycles. The van der Waals surface area contributed by atoms with Crippen molar-refractivity contribution in [2.75, 3.05) is 20.1 Å². The van der Waals surface area contributed by atoms with Gasteiger partial charge in [0.1, 0.15) is 0 Å². The lowest BCUT2D eigenvalue weighted by Crippen LogP contribution is -2.39. The Balaban J connectivity index is 1.57. The molecule has 1 heterocycles. The van der Waals surface area contributed by atoms with Crippen LogP contribution in [0.4, 0.5) is 0 Å². The van der Waals surface area contributed by atoms with E-state index in [9.17, 15) is 4.79 Å². The molecular formula is C24H32N4O. The lowest BCUT2D eigenvalue weighted by Gasteiger charge is -2.22. The highest BCUT2D eigenvalue weighted by Crippen LogP contribution is 2.26. The Morgan fingerprint density at radius 2 is 2.00 bits per heavy atom. The van der Waals surface area contributed by atoms with Gasteiger partial charge in [0.25, 0.3) is 5.91 Å². The standard InChI is InChI=1S/C24H32N4O/c1-4-18(2)27-23(29)21-12-8-9-19(15-21)16-26-24(25-3)28-14-13-22(17-28)20-10-6-5-7-11-20/h5-12,15,18,22H,4,13-14,16-17H2,1-3H3,(H,25,26)(H,27,29). The highest BCUT2D eigenvalue weighted by atomic mass is 16.1. The zero-order chi connectivity index (χ0) is 20.6. The average molecular weight is 393 g/mol. The summed E-state index contributed by atoms with van der Waals surface area (Å²) in [5, 5.41) is 6.48. The molecule has 2 atom stereocenters. The van der Waals surface area contributed by atoms with Gasteiger partial charge in [-0.3, -0.25) is 9.79 Å². The number of aliphatic imine (C=N–C) groups is 1. The monoisotopic (exact) mass is 392 g/mol. The van der Waals surface area contributed by atoms with Gasteiger partial charge in [0.05, 0.1) is 0 Å². The van der Waals surface area contributed by atoms with E-state index in [1.165, 1.54) is 5.56 Å². The third-order valence-corrected chi connectivity index (χ3v) is 5.60. The highest BCUT2D eigenvalue weighted by molar-refractivity contribution is 5.94. The van der Waals surface area contributed by atoms with E-state index in [4.69, 9.17) is 0 Å². The third-order valence-electron chi connectivity index (χ3n) is 5.60. The van der Waals surface area contributed by atoms with E-state index in [0.29, 0.717) is 18.0 Å². The molecule has 0 spiro atoms. The van der Waals surface area contributed by atoms with Crippen LogP contribution in [0.15, 0.2) is 59.6 Å². The van der Waals surface area contributed by atoms with Crippen LogP contribution in [0.5, 0.6) is 0 Å². The second kappa shape index (κ2) is 10.1. The van der Waals surface area contributed by atoms with Gasteiger partial charge in [0.2, 0.25) is 0 Å². The number of amides is 1. The van der Waals surface area contributed by atoms with Crippen molar-refractivity contribution >= 4 is 11.9 Å². The van der Waals surface area contributed by atoms with Crippen LogP contribution < -0.4 is 10.6 Å². The van der Waals surface area contributed by atoms with Crippen molar-refractivity contribution in [3.63, 3.8) is 0 Å². The minimum absolute atomic E-state index is 0.0178. The van der Waals surface area contributed by atoms with Crippen molar-refractivity contribution in [2.45, 2.75) is 45.2 Å². The summed E-state index contributed by atoms with van der Waals surface area (Å²) in [5.41, 5.74) is 3.16. The molecule has 2 N–H and O–H groups in total. The van der Waals surface area contributed by atoms with E-state index in [-0.39, 0.29) is 11.9 Å². The zero-order valence-electron chi connectivity index (χ0n) is 17.7. The summed E-state index contributed by atoms with van der Waals surface area (Å²) < 4.78 is 0. The summed E-state index contributed by atoms with van der Waals surface area (Å²) >= 11 is 0. The maximum Gasteiger partial charge on any atom is 0.251 e. The molecule has 2 unspecified atom stereocenters. The Labute approximate surface area is 174 Å². The van der Waals surface area contributed by atoms with E-state index in [1.54, 1.807) is 0 Å². The fourth-order valence-electron chi connectivity index (χ4n) is 3.70. The van der Waals surface area contributed by atoms with Crippen LogP contribution >= 0.6 is 0 Å². The number of nitrogens with one attached hydrogen (secondary N) is 2. The highest BCUT2D eigenvalue weighted by Gasteiger charge is 2.25. The first-order chi connectivity index (χ1) is 14.1. The maximum absolute atomic E-state index is 12.4. The number of nitrogens with zero attached hydrogens (tertiary/aromatic N) is 2. The number of hydrogen-bond acceptors (Lipinski definition) is 2. The molecule has 5 heteroatoms. The van der Waals surface area contributed by atoms with Crippen LogP contribution in [0, 0.1) is 0 Å². The van der Waals surface area contributed by atoms with Crippen LogP contribution in [0.3, 0.4) is 0 Å². The smallest absolute Gasteiger partial charge is 0.251 e. The Hall–Kier alpha value is -2.82. The molecule has 0 bridgehead atoms. The van der Waals surface area contributed by atoms with E-state index in [0.717, 1.165) is 37.5 Å². The molecule has 1 aliphatic heterocycles. The van der Waals surface area contributed by atoms with Crippen LogP contribution in [-0.2, 0) is 6.54 Å². The number of rotatable bonds is 6. The molecule has 0 aromatic heterocycles. The predicted octanol–water partition coefficient (Wildman–Crippen LogP) is 3.78. The average Bonchev–Trinajstić information content (AvgIpc) is 3.25. The first kappa shape index (κ1) is 20.9. The number of hydrogen-bond donors (Lipinski definition) is 2. The summed E-state index contributed by atoms with van der Waals surface area (Å²) in [5.74, 6) is 1.44. The van der Waals surface area contributed by atoms with Gasteiger partial charge >= 0.3 is 0 Å². The van der Waals surface area contributed by atoms with E-state index in [2.05, 4.69) is 57.8 Å². The molecule has 2 aromatic rings. The number of benzene rings is 2. The Morgan fingerprint density at radius 1 is 1.21 bits per heavy atom. The molecule has 154 valence electrons. The molecule has 29 heavy (non-hydrogen) atoms. The fraction of sp³-hybridized carbons (Fsp3) is 0.417. The van der Waals surface area contributed by atoms with Gasteiger partial charge in [-0.05, 0) is 43.0 Å². The molecule has 0 radical (unpaired) electrons. The van der Waals surface area contributed by atoms with E-state index in [1.807, 2.05) is 38.2 Å². The second-order valence-corrected chi connectivity index (χ2v) is 7.73. The van der Waals surface area contributed by atoms with Gasteiger partial charge < -0.3 is 15.5 Å². The van der Waals surface area contributed by atoms with Crippen LogP contribution in [-0.4, -0.2) is 42.9 Å². The first-order valence-electron chi connectivity index (χ1n) is 10.5. The van der Waals surface area contributed by atoms with E-state index >= 15 is 0 Å². The zero-order valence-corrected chi connectivity index (χ0v) is 17.7. The first-order valence-corrected chi connectivity index (χ1v) is 10.5. The van der Waals surface area contributed by atoms with Gasteiger partial charge in [-0.25, -0.2) is 0 Å². The van der Waals surface area contributed by atoms with Crippen molar-refractivity contribution in [3.05, 3.63) is 71.3 Å². The van der Waals surface area contributed by atoms with Crippen molar-refractivity contribution in [1.29, 1.82) is 0 Å². The van der Waals surface area contributed by atoms with Gasteiger partial charge in [-0.2, -0.15) is 0 Å². The molecule has 1 amide bonds. The van der Waals surface area contributed by atoms with Crippen molar-refractivity contribution in [2.24, 2.45) is 4.99 Å². The lowest BCUT2D eigenvalue weighted by molar-refractivity contribution is 0.0939. The van der Waals surface area contributed by atoms with Gasteiger partial charge in [-0.15, -0.1) is 0 Å². The fourth-order valence-corrected chi connectivity index (χ4v) is 3.70. The van der Waals surface area contributed by atoms with Crippen LogP contribution in [0.1, 0.15) is 54.1 Å². The molecule has 0 aliphatic carbocycles. The topological polar surface area (TPSA) is 56.7 Å². The van der Waals surface area contributed by atoms with Crippen molar-refractivity contribution in [3.8, 4) is 0 Å². The maximum atomic E-state index is 12.4. The summed E-state index contributed by atoms with van der Waals surface area (Å²) in [6.07, 6.45) is 2.05. The van der Waals surface area contributed by atoms with Crippen LogP contribution in [0.2, 0.25) is 0 Å². The summed E-state index contributed by atoms with van der Waals surface area (Å²) in [6, 6.07) is 18.7. The van der Waals surface area contributed by atoms with Gasteiger partial charge in [0.15, 0.2) is 5.96 Å². The number of carbonyl (C=O) groups is 1. The number of guanidine groups is 1.